The monoisotopic (exact) mass is 449 g/mol. The van der Waals surface area contributed by atoms with Gasteiger partial charge in [0.1, 0.15) is 5.69 Å². The molecular weight excluding hydrogens is 424 g/mol. The number of alkyl halides is 1. The molecule has 1 amide bonds. The van der Waals surface area contributed by atoms with Crippen LogP contribution in [0.3, 0.4) is 0 Å². The van der Waals surface area contributed by atoms with Crippen molar-refractivity contribution < 1.29 is 23.5 Å². The molecule has 6 N–H and O–H groups in total. The first-order chi connectivity index (χ1) is 15.3. The topological polar surface area (TPSA) is 150 Å². The molecule has 1 saturated heterocycles. The Kier molecular flexibility index (Phi) is 6.07. The van der Waals surface area contributed by atoms with E-state index in [1.54, 1.807) is 4.90 Å². The number of rotatable bonds is 5. The summed E-state index contributed by atoms with van der Waals surface area (Å²) in [4.78, 5) is 34.0. The van der Waals surface area contributed by atoms with E-state index in [1.807, 2.05) is 0 Å². The van der Waals surface area contributed by atoms with E-state index in [0.29, 0.717) is 32.4 Å². The number of halogens is 2. The highest BCUT2D eigenvalue weighted by Gasteiger charge is 2.43. The first-order valence-electron chi connectivity index (χ1n) is 10.4. The van der Waals surface area contributed by atoms with Crippen LogP contribution in [0.15, 0.2) is 28.8 Å². The minimum Gasteiger partial charge on any atom is -0.481 e. The number of aromatic nitrogens is 1. The molecule has 1 saturated carbocycles. The molecule has 2 fully saturated rings. The number of anilines is 2. The van der Waals surface area contributed by atoms with Crippen molar-refractivity contribution in [3.05, 3.63) is 29.6 Å². The van der Waals surface area contributed by atoms with Gasteiger partial charge in [-0.25, -0.2) is 19.6 Å². The van der Waals surface area contributed by atoms with Crippen LogP contribution in [0.5, 0.6) is 0 Å². The number of hydrogen-bond donors (Lipinski definition) is 4. The number of nitrogens with zero attached hydrogens (tertiary/aromatic N) is 4. The molecular formula is C20H25F2N7O3. The molecule has 4 rings (SSSR count). The van der Waals surface area contributed by atoms with Crippen molar-refractivity contribution in [2.75, 3.05) is 29.9 Å². The standard InChI is InChI=1S/C20H25F2N7O3/c21-11-6-26-18(29(24)9-11)16(12-5-14(12)23)19(30)27-15-8-25-7-13(22)17(15)28-3-1-10(2-4-28)20(31)32/h6-8,10-12,14H,1-5,9,23-24H2,(H,27,30)(H,31,32)/b18-16+. The van der Waals surface area contributed by atoms with Crippen LogP contribution in [0.1, 0.15) is 19.3 Å². The summed E-state index contributed by atoms with van der Waals surface area (Å²) >= 11 is 0. The Labute approximate surface area is 182 Å². The molecule has 12 heteroatoms. The number of nitrogens with two attached hydrogens (primary N) is 2. The molecule has 1 aromatic rings. The molecule has 1 aromatic heterocycles. The fourth-order valence-corrected chi connectivity index (χ4v) is 4.13. The number of nitrogens with one attached hydrogen (secondary N) is 1. The average molecular weight is 449 g/mol. The minimum absolute atomic E-state index is 0.127. The van der Waals surface area contributed by atoms with Gasteiger partial charge in [-0.05, 0) is 19.3 Å². The van der Waals surface area contributed by atoms with Gasteiger partial charge in [0.25, 0.3) is 5.91 Å². The fourth-order valence-electron chi connectivity index (χ4n) is 4.13. The third-order valence-corrected chi connectivity index (χ3v) is 5.98. The Hall–Kier alpha value is -3.12. The number of aliphatic imine (C=N–C) groups is 1. The lowest BCUT2D eigenvalue weighted by Gasteiger charge is -2.33. The maximum absolute atomic E-state index is 14.7. The summed E-state index contributed by atoms with van der Waals surface area (Å²) in [5.74, 6) is 3.15. The lowest BCUT2D eigenvalue weighted by Crippen LogP contribution is -2.41. The van der Waals surface area contributed by atoms with Crippen LogP contribution in [-0.4, -0.2) is 65.0 Å². The van der Waals surface area contributed by atoms with Crippen molar-refractivity contribution in [1.82, 2.24) is 9.99 Å². The number of piperidine rings is 1. The smallest absolute Gasteiger partial charge is 0.306 e. The van der Waals surface area contributed by atoms with E-state index < -0.39 is 29.8 Å². The van der Waals surface area contributed by atoms with Gasteiger partial charge in [0.15, 0.2) is 17.8 Å². The van der Waals surface area contributed by atoms with Crippen LogP contribution < -0.4 is 21.8 Å². The molecule has 1 aliphatic carbocycles. The van der Waals surface area contributed by atoms with Crippen LogP contribution in [0.4, 0.5) is 20.2 Å². The summed E-state index contributed by atoms with van der Waals surface area (Å²) in [5.41, 5.74) is 6.45. The maximum atomic E-state index is 14.7. The number of aliphatic carboxylic acids is 1. The Morgan fingerprint density at radius 1 is 1.25 bits per heavy atom. The Bertz CT molecular complexity index is 978. The number of carboxylic acid groups (broad SMARTS) is 1. The van der Waals surface area contributed by atoms with Crippen molar-refractivity contribution in [2.45, 2.75) is 31.5 Å². The third kappa shape index (κ3) is 4.41. The van der Waals surface area contributed by atoms with Crippen LogP contribution in [0.2, 0.25) is 0 Å². The summed E-state index contributed by atoms with van der Waals surface area (Å²) in [6.45, 7) is 0.491. The van der Waals surface area contributed by atoms with Gasteiger partial charge in [0.05, 0.1) is 36.1 Å². The van der Waals surface area contributed by atoms with E-state index in [4.69, 9.17) is 11.6 Å². The first-order valence-corrected chi connectivity index (χ1v) is 10.4. The first kappa shape index (κ1) is 22.1. The van der Waals surface area contributed by atoms with Gasteiger partial charge >= 0.3 is 5.97 Å². The van der Waals surface area contributed by atoms with Gasteiger partial charge in [0.2, 0.25) is 0 Å². The zero-order valence-corrected chi connectivity index (χ0v) is 17.2. The molecule has 0 aromatic carbocycles. The highest BCUT2D eigenvalue weighted by molar-refractivity contribution is 6.06. The van der Waals surface area contributed by atoms with Gasteiger partial charge in [-0.2, -0.15) is 0 Å². The highest BCUT2D eigenvalue weighted by Crippen LogP contribution is 2.40. The van der Waals surface area contributed by atoms with Crippen LogP contribution in [0.25, 0.3) is 0 Å². The largest absolute Gasteiger partial charge is 0.481 e. The van der Waals surface area contributed by atoms with E-state index >= 15 is 0 Å². The average Bonchev–Trinajstić information content (AvgIpc) is 3.46. The third-order valence-electron chi connectivity index (χ3n) is 5.98. The lowest BCUT2D eigenvalue weighted by atomic mass is 9.96. The van der Waals surface area contributed by atoms with Gasteiger partial charge in [-0.1, -0.05) is 0 Å². The van der Waals surface area contributed by atoms with Crippen molar-refractivity contribution in [3.8, 4) is 0 Å². The van der Waals surface area contributed by atoms with Crippen LogP contribution >= 0.6 is 0 Å². The van der Waals surface area contributed by atoms with E-state index in [0.717, 1.165) is 17.4 Å². The number of pyridine rings is 1. The number of hydrazine groups is 1. The molecule has 0 radical (unpaired) electrons. The summed E-state index contributed by atoms with van der Waals surface area (Å²) in [7, 11) is 0. The number of amides is 1. The highest BCUT2D eigenvalue weighted by atomic mass is 19.1. The molecule has 2 aliphatic heterocycles. The zero-order chi connectivity index (χ0) is 23.0. The van der Waals surface area contributed by atoms with E-state index in [9.17, 15) is 23.5 Å². The molecule has 3 unspecified atom stereocenters. The Morgan fingerprint density at radius 3 is 2.53 bits per heavy atom. The van der Waals surface area contributed by atoms with Gasteiger partial charge in [-0.3, -0.25) is 19.6 Å². The number of hydrogen-bond acceptors (Lipinski definition) is 8. The minimum atomic E-state index is -1.35. The van der Waals surface area contributed by atoms with Crippen LogP contribution in [0, 0.1) is 17.7 Å². The number of carbonyl (C=O) groups is 2. The second kappa shape index (κ2) is 8.79. The van der Waals surface area contributed by atoms with Crippen molar-refractivity contribution in [1.29, 1.82) is 0 Å². The lowest BCUT2D eigenvalue weighted by molar-refractivity contribution is -0.142. The fraction of sp³-hybridized carbons (Fsp3) is 0.500. The number of carbonyl (C=O) groups excluding carboxylic acids is 1. The Balaban J connectivity index is 1.61. The van der Waals surface area contributed by atoms with Gasteiger partial charge in [-0.15, -0.1) is 0 Å². The molecule has 3 atom stereocenters. The van der Waals surface area contributed by atoms with E-state index in [-0.39, 0.29) is 41.3 Å². The molecule has 0 bridgehead atoms. The SMILES string of the molecule is NC1CC1/C(C(=O)Nc1cncc(F)c1N1CCC(C(=O)O)CC1)=C1/N=CC(F)CN1N. The maximum Gasteiger partial charge on any atom is 0.306 e. The van der Waals surface area contributed by atoms with Crippen molar-refractivity contribution in [2.24, 2.45) is 28.4 Å². The molecule has 10 nitrogen and oxygen atoms in total. The second-order valence-electron chi connectivity index (χ2n) is 8.26. The van der Waals surface area contributed by atoms with Gasteiger partial charge < -0.3 is 21.1 Å². The van der Waals surface area contributed by atoms with Crippen molar-refractivity contribution >= 4 is 29.5 Å². The molecule has 172 valence electrons. The normalized spacial score (nSPS) is 27.3. The summed E-state index contributed by atoms with van der Waals surface area (Å²) < 4.78 is 28.3. The summed E-state index contributed by atoms with van der Waals surface area (Å²) in [6.07, 6.45) is 3.37. The Morgan fingerprint density at radius 2 is 1.94 bits per heavy atom. The summed E-state index contributed by atoms with van der Waals surface area (Å²) in [6, 6.07) is -0.255. The van der Waals surface area contributed by atoms with E-state index in [1.165, 1.54) is 6.20 Å². The molecule has 3 aliphatic rings. The molecule has 32 heavy (non-hydrogen) atoms. The van der Waals surface area contributed by atoms with Gasteiger partial charge in [0, 0.05) is 31.3 Å². The van der Waals surface area contributed by atoms with Crippen molar-refractivity contribution in [3.63, 3.8) is 0 Å². The molecule has 3 heterocycles. The van der Waals surface area contributed by atoms with E-state index in [2.05, 4.69) is 15.3 Å². The predicted octanol–water partition coefficient (Wildman–Crippen LogP) is 0.617. The number of carboxylic acids is 1. The summed E-state index contributed by atoms with van der Waals surface area (Å²) in [5, 5.41) is 13.0. The predicted molar refractivity (Wildman–Crippen MR) is 113 cm³/mol. The zero-order valence-electron chi connectivity index (χ0n) is 17.2. The molecule has 0 spiro atoms. The van der Waals surface area contributed by atoms with Crippen LogP contribution in [-0.2, 0) is 9.59 Å². The second-order valence-corrected chi connectivity index (χ2v) is 8.26. The quantitative estimate of drug-likeness (QED) is 0.377.